The first-order chi connectivity index (χ1) is 40.2. The second-order valence-electron chi connectivity index (χ2n) is 18.9. The number of hydrogen-bond acceptors (Lipinski definition) is 10. The van der Waals surface area contributed by atoms with E-state index in [0.29, 0.717) is 11.5 Å². The Hall–Kier alpha value is -10.2. The zero-order valence-corrected chi connectivity index (χ0v) is 47.5. The third-order valence-corrected chi connectivity index (χ3v) is 13.7. The maximum atomic E-state index is 9.00. The van der Waals surface area contributed by atoms with Crippen LogP contribution in [-0.2, 0) is 50.4 Å². The first-order valence-corrected chi connectivity index (χ1v) is 25.9. The smallest absolute Gasteiger partial charge is 0.503 e. The van der Waals surface area contributed by atoms with Gasteiger partial charge in [-0.05, 0) is 96.4 Å². The van der Waals surface area contributed by atoms with Gasteiger partial charge in [-0.15, -0.1) is 29.0 Å². The normalized spacial score (nSPS) is 11.0. The van der Waals surface area contributed by atoms with Crippen LogP contribution >= 0.6 is 0 Å². The van der Waals surface area contributed by atoms with E-state index in [1.165, 1.54) is 5.39 Å². The van der Waals surface area contributed by atoms with Crippen molar-refractivity contribution in [2.75, 3.05) is 0 Å². The second-order valence-corrected chi connectivity index (χ2v) is 18.9. The van der Waals surface area contributed by atoms with Gasteiger partial charge in [0.15, 0.2) is 0 Å². The zero-order chi connectivity index (χ0) is 55.8. The van der Waals surface area contributed by atoms with E-state index in [4.69, 9.17) is 29.3 Å². The Morgan fingerprint density at radius 1 is 0.417 bits per heavy atom. The molecule has 0 aliphatic heterocycles. The fourth-order valence-corrected chi connectivity index (χ4v) is 10.5. The van der Waals surface area contributed by atoms with Crippen molar-refractivity contribution in [3.63, 3.8) is 0 Å². The van der Waals surface area contributed by atoms with Gasteiger partial charge in [-0.3, -0.25) is 23.5 Å². The van der Waals surface area contributed by atoms with Crippen molar-refractivity contribution >= 4 is 110 Å². The fourth-order valence-electron chi connectivity index (χ4n) is 10.5. The van der Waals surface area contributed by atoms with E-state index in [2.05, 4.69) is 133 Å². The number of carboxylic acids is 2. The number of ether oxygens (including phenoxy) is 2. The van der Waals surface area contributed by atoms with Gasteiger partial charge in [0.25, 0.3) is 11.9 Å². The number of benzene rings is 6. The number of imidazole rings is 2. The Morgan fingerprint density at radius 2 is 0.893 bits per heavy atom. The summed E-state index contributed by atoms with van der Waals surface area (Å²) in [6.45, 7) is 2.17. The maximum Gasteiger partial charge on any atom is 2.00 e. The van der Waals surface area contributed by atoms with Gasteiger partial charge >= 0.3 is 20.4 Å². The van der Waals surface area contributed by atoms with E-state index >= 15 is 0 Å². The van der Waals surface area contributed by atoms with Crippen LogP contribution in [0.5, 0.6) is 23.0 Å². The molecule has 18 heteroatoms. The van der Waals surface area contributed by atoms with E-state index in [0.717, 1.165) is 130 Å². The molecule has 414 valence electrons. The van der Waals surface area contributed by atoms with Crippen LogP contribution in [0.15, 0.2) is 219 Å². The monoisotopic (exact) mass is 1280 g/mol. The van der Waals surface area contributed by atoms with E-state index in [1.807, 2.05) is 128 Å². The molecular formula is C66H44N10O6Pd2. The summed E-state index contributed by atoms with van der Waals surface area (Å²) in [6.07, 6.45) is 14.8. The average Bonchev–Trinajstić information content (AvgIpc) is 4.46. The SMILES string of the molecule is CC(=O)O.CC(=O)O.[Pd+2].[Pd].[c-]1c(Oc2[c-]c3c(cc2)c2ccccc2n3-c2ccccn2)ccc2c1c1ncccc1n1ccnc21.c1ccc(-n2c3ccccc3c3ccc(Oc4ccc5c(c4)c4ncccc4n4ccnc54)cc32)nc1. The number of pyridine rings is 6. The predicted octanol–water partition coefficient (Wildman–Crippen LogP) is 14.4. The Morgan fingerprint density at radius 3 is 1.54 bits per heavy atom. The standard InChI is InChI=1S/C31H19N5O.C31H17N5O.2C2H4O2.2Pd/c2*1-2-7-26-22(6-1)23-12-10-21(19-28(23)36(26)29-9-3-4-14-32-29)37-20-11-13-24-25(18-20)30-27(8-5-15-33-30)35-17-16-34-31(24)35;2*1-2(3)4;;/h1-19H;1-17H;2*1H3,(H,3,4);;/q;-2;;;;+2. The molecule has 0 atom stereocenters. The van der Waals surface area contributed by atoms with Crippen LogP contribution in [0.25, 0.3) is 110 Å². The number of hydrogen-bond donors (Lipinski definition) is 2. The van der Waals surface area contributed by atoms with Crippen LogP contribution in [0, 0.1) is 12.1 Å². The van der Waals surface area contributed by atoms with Gasteiger partial charge in [0.05, 0.1) is 22.1 Å². The molecule has 0 amide bonds. The minimum Gasteiger partial charge on any atom is -0.503 e. The Kier molecular flexibility index (Phi) is 15.7. The molecule has 84 heavy (non-hydrogen) atoms. The molecule has 0 aliphatic rings. The Bertz CT molecular complexity index is 4800. The van der Waals surface area contributed by atoms with Crippen LogP contribution in [0.1, 0.15) is 13.8 Å². The zero-order valence-electron chi connectivity index (χ0n) is 44.4. The average molecular weight is 1290 g/mol. The molecule has 10 aromatic heterocycles. The second kappa shape index (κ2) is 23.7. The molecule has 0 radical (unpaired) electrons. The molecule has 16 aromatic rings. The fraction of sp³-hybridized carbons (Fsp3) is 0.0303. The molecule has 0 saturated carbocycles. The number of carboxylic acid groups (broad SMARTS) is 2. The molecule has 2 N–H and O–H groups in total. The van der Waals surface area contributed by atoms with Crippen molar-refractivity contribution in [1.29, 1.82) is 0 Å². The van der Waals surface area contributed by atoms with E-state index < -0.39 is 11.9 Å². The summed E-state index contributed by atoms with van der Waals surface area (Å²) in [7, 11) is 0. The summed E-state index contributed by atoms with van der Waals surface area (Å²) in [4.78, 5) is 45.7. The molecule has 0 unspecified atom stereocenters. The molecule has 0 bridgehead atoms. The molecule has 0 spiro atoms. The predicted molar refractivity (Wildman–Crippen MR) is 318 cm³/mol. The summed E-state index contributed by atoms with van der Waals surface area (Å²) in [5, 5.41) is 23.3. The Labute approximate surface area is 505 Å². The van der Waals surface area contributed by atoms with Gasteiger partial charge in [-0.25, -0.2) is 19.9 Å². The minimum absolute atomic E-state index is 0. The van der Waals surface area contributed by atoms with Crippen molar-refractivity contribution < 1.29 is 70.1 Å². The van der Waals surface area contributed by atoms with Crippen LogP contribution in [0.2, 0.25) is 0 Å². The topological polar surface area (TPSA) is 189 Å². The number of nitrogens with zero attached hydrogens (tertiary/aromatic N) is 10. The number of fused-ring (bicyclic) bond motifs is 18. The molecular weight excluding hydrogens is 1240 g/mol. The quantitative estimate of drug-likeness (QED) is 0.0912. The van der Waals surface area contributed by atoms with Crippen molar-refractivity contribution in [3.05, 3.63) is 232 Å². The van der Waals surface area contributed by atoms with Crippen molar-refractivity contribution in [3.8, 4) is 34.6 Å². The minimum atomic E-state index is -0.833. The molecule has 16 rings (SSSR count). The summed E-state index contributed by atoms with van der Waals surface area (Å²) in [5.74, 6) is 2.73. The largest absolute Gasteiger partial charge is 2.00 e. The summed E-state index contributed by atoms with van der Waals surface area (Å²) in [5.41, 5.74) is 9.67. The molecule has 0 aliphatic carbocycles. The molecule has 0 fully saturated rings. The van der Waals surface area contributed by atoms with Gasteiger partial charge in [0.1, 0.15) is 34.4 Å². The van der Waals surface area contributed by atoms with Crippen LogP contribution in [-0.4, -0.2) is 70.0 Å². The molecule has 16 nitrogen and oxygen atoms in total. The van der Waals surface area contributed by atoms with Gasteiger partial charge in [0.2, 0.25) is 0 Å². The molecule has 0 saturated heterocycles. The number of para-hydroxylation sites is 2. The molecule has 10 heterocycles. The van der Waals surface area contributed by atoms with Gasteiger partial charge < -0.3 is 33.6 Å². The third kappa shape index (κ3) is 10.4. The third-order valence-electron chi connectivity index (χ3n) is 13.7. The summed E-state index contributed by atoms with van der Waals surface area (Å²) < 4.78 is 21.2. The van der Waals surface area contributed by atoms with Crippen LogP contribution < -0.4 is 9.47 Å². The number of aromatic nitrogens is 10. The first kappa shape index (κ1) is 55.7. The van der Waals surface area contributed by atoms with Crippen LogP contribution in [0.3, 0.4) is 0 Å². The van der Waals surface area contributed by atoms with Crippen molar-refractivity contribution in [2.24, 2.45) is 0 Å². The van der Waals surface area contributed by atoms with E-state index in [1.54, 1.807) is 18.6 Å². The number of aliphatic carboxylic acids is 2. The van der Waals surface area contributed by atoms with Gasteiger partial charge in [-0.1, -0.05) is 71.6 Å². The van der Waals surface area contributed by atoms with Crippen LogP contribution in [0.4, 0.5) is 0 Å². The summed E-state index contributed by atoms with van der Waals surface area (Å²) >= 11 is 0. The number of carbonyl (C=O) groups is 2. The van der Waals surface area contributed by atoms with Gasteiger partial charge in [0, 0.05) is 140 Å². The molecule has 6 aromatic carbocycles. The first-order valence-electron chi connectivity index (χ1n) is 25.9. The maximum absolute atomic E-state index is 9.00. The Balaban J connectivity index is 0.000000153. The van der Waals surface area contributed by atoms with E-state index in [9.17, 15) is 0 Å². The van der Waals surface area contributed by atoms with E-state index in [-0.39, 0.29) is 40.8 Å². The van der Waals surface area contributed by atoms with Gasteiger partial charge in [-0.2, -0.15) is 6.07 Å². The summed E-state index contributed by atoms with van der Waals surface area (Å²) in [6, 6.07) is 63.8. The van der Waals surface area contributed by atoms with Crippen molar-refractivity contribution in [1.82, 2.24) is 47.8 Å². The number of rotatable bonds is 6. The van der Waals surface area contributed by atoms with Crippen molar-refractivity contribution in [2.45, 2.75) is 13.8 Å².